The van der Waals surface area contributed by atoms with E-state index in [1.54, 1.807) is 0 Å². The molecule has 0 aromatic heterocycles. The topological polar surface area (TPSA) is 24.7 Å². The average molecular weight is 397 g/mol. The number of hydrogen-bond acceptors (Lipinski definition) is 2. The number of aliphatic imine (C=N–C) groups is 2. The predicted octanol–water partition coefficient (Wildman–Crippen LogP) is 7.49. The molecular formula is C28H32N2. The fourth-order valence-electron chi connectivity index (χ4n) is 3.43. The number of allylic oxidation sites excluding steroid dienone is 4. The summed E-state index contributed by atoms with van der Waals surface area (Å²) in [6.45, 7) is 19.6. The third-order valence-electron chi connectivity index (χ3n) is 5.02. The normalized spacial score (nSPS) is 11.8. The highest BCUT2D eigenvalue weighted by atomic mass is 14.8. The summed E-state index contributed by atoms with van der Waals surface area (Å²) in [6, 6.07) is 12.5. The van der Waals surface area contributed by atoms with Gasteiger partial charge in [-0.1, -0.05) is 48.6 Å². The third kappa shape index (κ3) is 5.87. The summed E-state index contributed by atoms with van der Waals surface area (Å²) in [5, 5.41) is 0. The first-order chi connectivity index (χ1) is 14.5. The second-order valence-corrected chi connectivity index (χ2v) is 7.20. The van der Waals surface area contributed by atoms with Crippen molar-refractivity contribution in [2.45, 2.75) is 39.5 Å². The molecule has 0 atom stereocenters. The molecule has 0 saturated carbocycles. The summed E-state index contributed by atoms with van der Waals surface area (Å²) in [7, 11) is 0. The Morgan fingerprint density at radius 2 is 1.00 bits per heavy atom. The Labute approximate surface area is 181 Å². The molecule has 0 aliphatic carbocycles. The zero-order valence-corrected chi connectivity index (χ0v) is 18.3. The minimum Gasteiger partial charge on any atom is -0.252 e. The van der Waals surface area contributed by atoms with Crippen molar-refractivity contribution in [2.24, 2.45) is 9.98 Å². The summed E-state index contributed by atoms with van der Waals surface area (Å²) in [6.07, 6.45) is 10.9. The molecule has 2 nitrogen and oxygen atoms in total. The Morgan fingerprint density at radius 3 is 1.33 bits per heavy atom. The van der Waals surface area contributed by atoms with Crippen LogP contribution >= 0.6 is 0 Å². The van der Waals surface area contributed by atoms with Crippen molar-refractivity contribution >= 4 is 22.8 Å². The lowest BCUT2D eigenvalue weighted by molar-refractivity contribution is 1.14. The molecule has 0 aliphatic heterocycles. The largest absolute Gasteiger partial charge is 0.252 e. The molecule has 0 N–H and O–H groups in total. The fourth-order valence-corrected chi connectivity index (χ4v) is 3.43. The van der Waals surface area contributed by atoms with Gasteiger partial charge in [0, 0.05) is 0 Å². The molecule has 0 heterocycles. The minimum absolute atomic E-state index is 0.777. The first-order valence-corrected chi connectivity index (χ1v) is 10.3. The number of nitrogens with zero attached hydrogens (tertiary/aromatic N) is 2. The number of hydrogen-bond donors (Lipinski definition) is 0. The molecule has 2 rings (SSSR count). The number of rotatable bonds is 11. The molecular weight excluding hydrogens is 364 g/mol. The van der Waals surface area contributed by atoms with Gasteiger partial charge >= 0.3 is 0 Å². The molecule has 30 heavy (non-hydrogen) atoms. The maximum atomic E-state index is 4.92. The van der Waals surface area contributed by atoms with Crippen LogP contribution in [0.5, 0.6) is 0 Å². The van der Waals surface area contributed by atoms with E-state index in [-0.39, 0.29) is 0 Å². The fraction of sp³-hybridized carbons (Fsp3) is 0.214. The van der Waals surface area contributed by atoms with Crippen molar-refractivity contribution in [2.75, 3.05) is 0 Å². The molecule has 0 saturated heterocycles. The van der Waals surface area contributed by atoms with Crippen molar-refractivity contribution < 1.29 is 0 Å². The third-order valence-corrected chi connectivity index (χ3v) is 5.02. The molecule has 0 amide bonds. The Morgan fingerprint density at radius 1 is 0.633 bits per heavy atom. The van der Waals surface area contributed by atoms with E-state index in [0.717, 1.165) is 48.5 Å². The van der Waals surface area contributed by atoms with E-state index in [1.807, 2.05) is 50.3 Å². The maximum Gasteiger partial charge on any atom is 0.0671 e. The molecule has 2 aromatic carbocycles. The van der Waals surface area contributed by atoms with Crippen molar-refractivity contribution in [1.82, 2.24) is 0 Å². The summed E-state index contributed by atoms with van der Waals surface area (Å²) in [5.74, 6) is 0. The monoisotopic (exact) mass is 396 g/mol. The molecule has 0 bridgehead atoms. The van der Waals surface area contributed by atoms with Crippen molar-refractivity contribution in [1.29, 1.82) is 0 Å². The van der Waals surface area contributed by atoms with Crippen LogP contribution in [-0.2, 0) is 25.7 Å². The molecule has 0 aliphatic rings. The Hall–Kier alpha value is -3.26. The molecule has 0 fully saturated rings. The SMILES string of the molecule is C=CCc1cccc(/N=C(C)\C(C)=N/c2cccc(CC=C)c2CC=C)c1CC=C. The van der Waals surface area contributed by atoms with Gasteiger partial charge in [-0.3, -0.25) is 9.98 Å². The first kappa shape index (κ1) is 23.0. The molecule has 2 heteroatoms. The van der Waals surface area contributed by atoms with Crippen LogP contribution < -0.4 is 0 Å². The van der Waals surface area contributed by atoms with E-state index in [0.29, 0.717) is 0 Å². The van der Waals surface area contributed by atoms with Crippen LogP contribution in [0.15, 0.2) is 97.0 Å². The molecule has 2 aromatic rings. The van der Waals surface area contributed by atoms with E-state index in [4.69, 9.17) is 9.98 Å². The van der Waals surface area contributed by atoms with Gasteiger partial charge in [-0.25, -0.2) is 0 Å². The Balaban J connectivity index is 2.48. The standard InChI is InChI=1S/C28H32N2/c1-7-13-23-17-11-19-27(25(23)15-9-3)29-21(5)22(6)30-28-20-12-18-24(14-8-2)26(28)16-10-4/h7-12,17-20H,1-4,13-16H2,5-6H3/b29-21-,30-22-. The smallest absolute Gasteiger partial charge is 0.0671 e. The zero-order chi connectivity index (χ0) is 21.9. The van der Waals surface area contributed by atoms with Gasteiger partial charge in [-0.15, -0.1) is 26.3 Å². The van der Waals surface area contributed by atoms with Crippen molar-refractivity contribution in [3.63, 3.8) is 0 Å². The van der Waals surface area contributed by atoms with Crippen LogP contribution in [0, 0.1) is 0 Å². The van der Waals surface area contributed by atoms with Gasteiger partial charge in [0.25, 0.3) is 0 Å². The van der Waals surface area contributed by atoms with Crippen LogP contribution in [0.3, 0.4) is 0 Å². The summed E-state index contributed by atoms with van der Waals surface area (Å²) in [5.41, 5.74) is 8.59. The number of benzene rings is 2. The minimum atomic E-state index is 0.777. The van der Waals surface area contributed by atoms with Gasteiger partial charge < -0.3 is 0 Å². The van der Waals surface area contributed by atoms with Crippen molar-refractivity contribution in [3.8, 4) is 0 Å². The maximum absolute atomic E-state index is 4.92. The molecule has 0 radical (unpaired) electrons. The van der Waals surface area contributed by atoms with Crippen LogP contribution in [0.1, 0.15) is 36.1 Å². The van der Waals surface area contributed by atoms with Gasteiger partial charge in [0.15, 0.2) is 0 Å². The van der Waals surface area contributed by atoms with Gasteiger partial charge in [-0.05, 0) is 73.9 Å². The molecule has 154 valence electrons. The lowest BCUT2D eigenvalue weighted by atomic mass is 9.99. The van der Waals surface area contributed by atoms with Gasteiger partial charge in [0.1, 0.15) is 0 Å². The highest BCUT2D eigenvalue weighted by Gasteiger charge is 2.09. The quantitative estimate of drug-likeness (QED) is 0.278. The molecule has 0 spiro atoms. The second kappa shape index (κ2) is 11.7. The van der Waals surface area contributed by atoms with Crippen molar-refractivity contribution in [3.05, 3.63) is 109 Å². The van der Waals surface area contributed by atoms with E-state index < -0.39 is 0 Å². The van der Waals surface area contributed by atoms with Crippen LogP contribution in [0.2, 0.25) is 0 Å². The lowest BCUT2D eigenvalue weighted by Crippen LogP contribution is -2.06. The van der Waals surface area contributed by atoms with Gasteiger partial charge in [0.2, 0.25) is 0 Å². The summed E-state index contributed by atoms with van der Waals surface area (Å²) in [4.78, 5) is 9.84. The highest BCUT2D eigenvalue weighted by molar-refractivity contribution is 6.41. The lowest BCUT2D eigenvalue weighted by Gasteiger charge is -2.12. The Kier molecular flexibility index (Phi) is 8.96. The predicted molar refractivity (Wildman–Crippen MR) is 134 cm³/mol. The first-order valence-electron chi connectivity index (χ1n) is 10.3. The van der Waals surface area contributed by atoms with Crippen LogP contribution in [0.25, 0.3) is 0 Å². The van der Waals surface area contributed by atoms with E-state index in [1.165, 1.54) is 22.3 Å². The van der Waals surface area contributed by atoms with E-state index >= 15 is 0 Å². The zero-order valence-electron chi connectivity index (χ0n) is 18.3. The van der Waals surface area contributed by atoms with Gasteiger partial charge in [-0.2, -0.15) is 0 Å². The van der Waals surface area contributed by atoms with E-state index in [2.05, 4.69) is 50.6 Å². The second-order valence-electron chi connectivity index (χ2n) is 7.20. The van der Waals surface area contributed by atoms with Gasteiger partial charge in [0.05, 0.1) is 22.8 Å². The Bertz CT molecular complexity index is 908. The highest BCUT2D eigenvalue weighted by Crippen LogP contribution is 2.27. The average Bonchev–Trinajstić information content (AvgIpc) is 2.73. The van der Waals surface area contributed by atoms with E-state index in [9.17, 15) is 0 Å². The summed E-state index contributed by atoms with van der Waals surface area (Å²) >= 11 is 0. The summed E-state index contributed by atoms with van der Waals surface area (Å²) < 4.78 is 0. The van der Waals surface area contributed by atoms with Crippen LogP contribution in [0.4, 0.5) is 11.4 Å². The van der Waals surface area contributed by atoms with Crippen LogP contribution in [-0.4, -0.2) is 11.4 Å². The molecule has 0 unspecified atom stereocenters.